The molecule has 0 fully saturated rings. The fraction of sp³-hybridized carbons (Fsp3) is 0.0833. The normalized spacial score (nSPS) is 9.73. The standard InChI is InChI=1S/C16H14S.C8H10S/c1-13(15-9-5-3-6-10-15)17-14(2)16-11-7-4-8-12-16;1-2-9-8-6-4-3-5-7-8/h3-12H,1-2H2;3-7H,2H2,1H3. The quantitative estimate of drug-likeness (QED) is 0.402. The summed E-state index contributed by atoms with van der Waals surface area (Å²) in [5.74, 6) is 1.16. The summed E-state index contributed by atoms with van der Waals surface area (Å²) >= 11 is 3.49. The van der Waals surface area contributed by atoms with Gasteiger partial charge in [-0.2, -0.15) is 0 Å². The van der Waals surface area contributed by atoms with Crippen LogP contribution in [-0.2, 0) is 0 Å². The van der Waals surface area contributed by atoms with Gasteiger partial charge in [0, 0.05) is 14.7 Å². The first-order valence-corrected chi connectivity index (χ1v) is 10.3. The minimum absolute atomic E-state index is 1.03. The summed E-state index contributed by atoms with van der Waals surface area (Å²) in [5, 5.41) is 0. The lowest BCUT2D eigenvalue weighted by Gasteiger charge is -2.08. The monoisotopic (exact) mass is 376 g/mol. The van der Waals surface area contributed by atoms with Crippen molar-refractivity contribution in [3.63, 3.8) is 0 Å². The van der Waals surface area contributed by atoms with E-state index in [2.05, 4.69) is 68.6 Å². The summed E-state index contributed by atoms with van der Waals surface area (Å²) in [7, 11) is 0. The Bertz CT molecular complexity index is 744. The van der Waals surface area contributed by atoms with Crippen LogP contribution in [-0.4, -0.2) is 5.75 Å². The van der Waals surface area contributed by atoms with E-state index in [0.717, 1.165) is 26.7 Å². The van der Waals surface area contributed by atoms with Gasteiger partial charge < -0.3 is 0 Å². The van der Waals surface area contributed by atoms with E-state index >= 15 is 0 Å². The third-order valence-electron chi connectivity index (χ3n) is 3.49. The van der Waals surface area contributed by atoms with Crippen LogP contribution in [0.4, 0.5) is 0 Å². The zero-order valence-corrected chi connectivity index (χ0v) is 16.7. The second-order valence-electron chi connectivity index (χ2n) is 5.43. The molecule has 26 heavy (non-hydrogen) atoms. The molecule has 3 rings (SSSR count). The topological polar surface area (TPSA) is 0 Å². The van der Waals surface area contributed by atoms with Gasteiger partial charge in [-0.25, -0.2) is 0 Å². The summed E-state index contributed by atoms with van der Waals surface area (Å²) < 4.78 is 0. The molecule has 0 heterocycles. The number of hydrogen-bond acceptors (Lipinski definition) is 2. The van der Waals surface area contributed by atoms with Crippen molar-refractivity contribution in [1.29, 1.82) is 0 Å². The van der Waals surface area contributed by atoms with Crippen molar-refractivity contribution >= 4 is 33.3 Å². The Morgan fingerprint density at radius 1 is 0.654 bits per heavy atom. The predicted molar refractivity (Wildman–Crippen MR) is 121 cm³/mol. The van der Waals surface area contributed by atoms with Crippen LogP contribution in [0.15, 0.2) is 109 Å². The molecular weight excluding hydrogens is 352 g/mol. The molecule has 3 aromatic rings. The van der Waals surface area contributed by atoms with Crippen molar-refractivity contribution in [2.24, 2.45) is 0 Å². The lowest BCUT2D eigenvalue weighted by atomic mass is 10.2. The fourth-order valence-corrected chi connectivity index (χ4v) is 3.69. The van der Waals surface area contributed by atoms with Crippen molar-refractivity contribution in [3.05, 3.63) is 115 Å². The van der Waals surface area contributed by atoms with Crippen LogP contribution in [0.25, 0.3) is 9.81 Å². The van der Waals surface area contributed by atoms with Gasteiger partial charge in [-0.15, -0.1) is 11.8 Å². The lowest BCUT2D eigenvalue weighted by molar-refractivity contribution is 1.43. The smallest absolute Gasteiger partial charge is 0.0122 e. The molecule has 0 amide bonds. The molecular formula is C24H24S2. The van der Waals surface area contributed by atoms with Crippen molar-refractivity contribution in [2.75, 3.05) is 5.75 Å². The first-order chi connectivity index (χ1) is 12.7. The van der Waals surface area contributed by atoms with Gasteiger partial charge in [0.1, 0.15) is 0 Å². The van der Waals surface area contributed by atoms with Crippen molar-refractivity contribution in [3.8, 4) is 0 Å². The number of benzene rings is 3. The van der Waals surface area contributed by atoms with Gasteiger partial charge in [-0.05, 0) is 29.0 Å². The SMILES string of the molecule is C=C(SC(=C)c1ccccc1)c1ccccc1.CCSc1ccccc1. The molecule has 0 N–H and O–H groups in total. The molecule has 0 nitrogen and oxygen atoms in total. The summed E-state index contributed by atoms with van der Waals surface area (Å²) in [5.41, 5.74) is 2.30. The molecule has 0 spiro atoms. The van der Waals surface area contributed by atoms with Gasteiger partial charge in [0.15, 0.2) is 0 Å². The Balaban J connectivity index is 0.000000228. The highest BCUT2D eigenvalue weighted by Gasteiger charge is 2.03. The van der Waals surface area contributed by atoms with Crippen LogP contribution in [0.1, 0.15) is 18.1 Å². The maximum atomic E-state index is 4.09. The number of thioether (sulfide) groups is 2. The van der Waals surface area contributed by atoms with E-state index in [-0.39, 0.29) is 0 Å². The molecule has 0 unspecified atom stereocenters. The predicted octanol–water partition coefficient (Wildman–Crippen LogP) is 7.86. The third-order valence-corrected chi connectivity index (χ3v) is 5.35. The molecule has 132 valence electrons. The van der Waals surface area contributed by atoms with Crippen LogP contribution in [0, 0.1) is 0 Å². The molecule has 0 aliphatic rings. The molecule has 0 aliphatic carbocycles. The minimum Gasteiger partial charge on any atom is -0.126 e. The van der Waals surface area contributed by atoms with Crippen LogP contribution >= 0.6 is 23.5 Å². The van der Waals surface area contributed by atoms with Crippen LogP contribution in [0.2, 0.25) is 0 Å². The average Bonchev–Trinajstić information content (AvgIpc) is 2.71. The minimum atomic E-state index is 1.03. The van der Waals surface area contributed by atoms with Crippen LogP contribution < -0.4 is 0 Å². The van der Waals surface area contributed by atoms with Gasteiger partial charge in [-0.1, -0.05) is 111 Å². The van der Waals surface area contributed by atoms with E-state index < -0.39 is 0 Å². The molecule has 0 atom stereocenters. The highest BCUT2D eigenvalue weighted by molar-refractivity contribution is 8.16. The van der Waals surface area contributed by atoms with Gasteiger partial charge in [0.05, 0.1) is 0 Å². The second-order valence-corrected chi connectivity index (χ2v) is 7.95. The van der Waals surface area contributed by atoms with Crippen molar-refractivity contribution < 1.29 is 0 Å². The van der Waals surface area contributed by atoms with E-state index in [4.69, 9.17) is 0 Å². The Labute approximate surface area is 166 Å². The fourth-order valence-electron chi connectivity index (χ4n) is 2.20. The van der Waals surface area contributed by atoms with Crippen molar-refractivity contribution in [2.45, 2.75) is 11.8 Å². The van der Waals surface area contributed by atoms with Gasteiger partial charge in [0.2, 0.25) is 0 Å². The van der Waals surface area contributed by atoms with E-state index in [1.807, 2.05) is 54.2 Å². The van der Waals surface area contributed by atoms with E-state index in [9.17, 15) is 0 Å². The Hall–Kier alpha value is -2.16. The molecule has 3 aromatic carbocycles. The summed E-state index contributed by atoms with van der Waals surface area (Å²) in [4.78, 5) is 3.42. The average molecular weight is 377 g/mol. The summed E-state index contributed by atoms with van der Waals surface area (Å²) in [6.45, 7) is 10.3. The van der Waals surface area contributed by atoms with E-state index in [1.54, 1.807) is 11.8 Å². The highest BCUT2D eigenvalue weighted by atomic mass is 32.2. The first kappa shape index (κ1) is 20.2. The third kappa shape index (κ3) is 6.99. The molecule has 0 radical (unpaired) electrons. The Morgan fingerprint density at radius 2 is 1.04 bits per heavy atom. The molecule has 0 saturated heterocycles. The summed E-state index contributed by atoms with van der Waals surface area (Å²) in [6, 6.07) is 30.8. The Morgan fingerprint density at radius 3 is 1.42 bits per heavy atom. The number of hydrogen-bond donors (Lipinski definition) is 0. The van der Waals surface area contributed by atoms with Crippen molar-refractivity contribution in [1.82, 2.24) is 0 Å². The molecule has 0 aliphatic heterocycles. The maximum Gasteiger partial charge on any atom is 0.0122 e. The van der Waals surface area contributed by atoms with Gasteiger partial charge in [-0.3, -0.25) is 0 Å². The lowest BCUT2D eigenvalue weighted by Crippen LogP contribution is -1.80. The van der Waals surface area contributed by atoms with Gasteiger partial charge >= 0.3 is 0 Å². The first-order valence-electron chi connectivity index (χ1n) is 8.55. The Kier molecular flexibility index (Phi) is 8.88. The highest BCUT2D eigenvalue weighted by Crippen LogP contribution is 2.36. The maximum absolute atomic E-state index is 4.09. The van der Waals surface area contributed by atoms with E-state index in [1.165, 1.54) is 4.90 Å². The molecule has 0 bridgehead atoms. The van der Waals surface area contributed by atoms with Crippen LogP contribution in [0.3, 0.4) is 0 Å². The van der Waals surface area contributed by atoms with Crippen LogP contribution in [0.5, 0.6) is 0 Å². The number of rotatable bonds is 6. The molecule has 0 saturated carbocycles. The largest absolute Gasteiger partial charge is 0.126 e. The van der Waals surface area contributed by atoms with Gasteiger partial charge in [0.25, 0.3) is 0 Å². The second kappa shape index (κ2) is 11.5. The molecule has 0 aromatic heterocycles. The molecule has 2 heteroatoms. The zero-order valence-electron chi connectivity index (χ0n) is 15.1. The van der Waals surface area contributed by atoms with E-state index in [0.29, 0.717) is 0 Å². The zero-order chi connectivity index (χ0) is 18.6. The summed E-state index contributed by atoms with van der Waals surface area (Å²) in [6.07, 6.45) is 0.